The monoisotopic (exact) mass is 281 g/mol. The fourth-order valence-corrected chi connectivity index (χ4v) is 2.04. The molecule has 0 fully saturated rings. The van der Waals surface area contributed by atoms with Crippen LogP contribution in [-0.4, -0.2) is 0 Å². The first kappa shape index (κ1) is 14.0. The summed E-state index contributed by atoms with van der Waals surface area (Å²) in [6.07, 6.45) is 0. The van der Waals surface area contributed by atoms with Crippen molar-refractivity contribution < 1.29 is 8.78 Å². The first-order chi connectivity index (χ1) is 9.08. The first-order valence-corrected chi connectivity index (χ1v) is 6.37. The zero-order chi connectivity index (χ0) is 13.8. The largest absolute Gasteiger partial charge is 0.306 e. The van der Waals surface area contributed by atoms with E-state index in [2.05, 4.69) is 5.32 Å². The number of hydrogen-bond donors (Lipinski definition) is 1. The quantitative estimate of drug-likeness (QED) is 0.872. The number of halogens is 3. The fourth-order valence-electron chi connectivity index (χ4n) is 1.84. The molecule has 0 saturated carbocycles. The second kappa shape index (κ2) is 6.13. The summed E-state index contributed by atoms with van der Waals surface area (Å²) >= 11 is 5.71. The Bertz CT molecular complexity index is 572. The van der Waals surface area contributed by atoms with Crippen molar-refractivity contribution in [2.75, 3.05) is 0 Å². The third-order valence-corrected chi connectivity index (χ3v) is 3.27. The molecule has 2 rings (SSSR count). The Morgan fingerprint density at radius 3 is 2.63 bits per heavy atom. The highest BCUT2D eigenvalue weighted by Gasteiger charge is 2.09. The van der Waals surface area contributed by atoms with Crippen LogP contribution in [-0.2, 0) is 6.54 Å². The van der Waals surface area contributed by atoms with Gasteiger partial charge in [-0.3, -0.25) is 0 Å². The smallest absolute Gasteiger partial charge is 0.146 e. The molecule has 1 N–H and O–H groups in total. The molecular weight excluding hydrogens is 268 g/mol. The van der Waals surface area contributed by atoms with Gasteiger partial charge >= 0.3 is 0 Å². The Hall–Kier alpha value is -1.45. The Balaban J connectivity index is 2.04. The lowest BCUT2D eigenvalue weighted by molar-refractivity contribution is 0.540. The molecule has 2 aromatic carbocycles. The highest BCUT2D eigenvalue weighted by atomic mass is 35.5. The topological polar surface area (TPSA) is 12.0 Å². The average molecular weight is 282 g/mol. The summed E-state index contributed by atoms with van der Waals surface area (Å²) in [6.45, 7) is 2.24. The molecule has 0 saturated heterocycles. The fraction of sp³-hybridized carbons (Fsp3) is 0.200. The van der Waals surface area contributed by atoms with Gasteiger partial charge in [-0.15, -0.1) is 0 Å². The van der Waals surface area contributed by atoms with Crippen molar-refractivity contribution in [1.82, 2.24) is 5.32 Å². The van der Waals surface area contributed by atoms with Gasteiger partial charge in [0.15, 0.2) is 0 Å². The molecule has 1 nitrogen and oxygen atoms in total. The molecule has 0 amide bonds. The van der Waals surface area contributed by atoms with E-state index in [-0.39, 0.29) is 16.9 Å². The molecule has 2 aromatic rings. The summed E-state index contributed by atoms with van der Waals surface area (Å²) in [7, 11) is 0. The first-order valence-electron chi connectivity index (χ1n) is 5.99. The van der Waals surface area contributed by atoms with E-state index >= 15 is 0 Å². The molecule has 1 atom stereocenters. The Morgan fingerprint density at radius 1 is 1.16 bits per heavy atom. The van der Waals surface area contributed by atoms with Crippen molar-refractivity contribution in [1.29, 1.82) is 0 Å². The second-order valence-corrected chi connectivity index (χ2v) is 4.78. The lowest BCUT2D eigenvalue weighted by Crippen LogP contribution is -2.19. The van der Waals surface area contributed by atoms with Crippen LogP contribution in [0.2, 0.25) is 5.02 Å². The van der Waals surface area contributed by atoms with Crippen molar-refractivity contribution in [2.45, 2.75) is 19.5 Å². The molecule has 0 spiro atoms. The minimum Gasteiger partial charge on any atom is -0.306 e. The van der Waals surface area contributed by atoms with E-state index in [1.165, 1.54) is 18.2 Å². The van der Waals surface area contributed by atoms with E-state index in [9.17, 15) is 8.78 Å². The zero-order valence-electron chi connectivity index (χ0n) is 10.5. The van der Waals surface area contributed by atoms with Crippen molar-refractivity contribution in [3.05, 3.63) is 70.2 Å². The van der Waals surface area contributed by atoms with Crippen LogP contribution in [0.15, 0.2) is 42.5 Å². The number of benzene rings is 2. The lowest BCUT2D eigenvalue weighted by atomic mass is 10.1. The van der Waals surface area contributed by atoms with E-state index in [0.717, 1.165) is 5.56 Å². The maximum atomic E-state index is 13.7. The van der Waals surface area contributed by atoms with Gasteiger partial charge in [-0.1, -0.05) is 35.9 Å². The third-order valence-electron chi connectivity index (χ3n) is 2.98. The summed E-state index contributed by atoms with van der Waals surface area (Å²) in [5.41, 5.74) is 1.32. The van der Waals surface area contributed by atoms with Gasteiger partial charge in [0.25, 0.3) is 0 Å². The summed E-state index contributed by atoms with van der Waals surface area (Å²) in [5.74, 6) is -0.691. The van der Waals surface area contributed by atoms with Gasteiger partial charge in [0.1, 0.15) is 11.6 Å². The van der Waals surface area contributed by atoms with Crippen LogP contribution in [0.3, 0.4) is 0 Å². The molecule has 0 bridgehead atoms. The Kier molecular flexibility index (Phi) is 4.51. The molecule has 0 aliphatic carbocycles. The number of rotatable bonds is 4. The molecule has 0 heterocycles. The van der Waals surface area contributed by atoms with Crippen LogP contribution in [0.4, 0.5) is 8.78 Å². The van der Waals surface area contributed by atoms with Crippen LogP contribution >= 0.6 is 11.6 Å². The summed E-state index contributed by atoms with van der Waals surface area (Å²) in [6, 6.07) is 11.2. The summed E-state index contributed by atoms with van der Waals surface area (Å²) in [5, 5.41) is 3.25. The van der Waals surface area contributed by atoms with Crippen molar-refractivity contribution in [3.8, 4) is 0 Å². The van der Waals surface area contributed by atoms with Gasteiger partial charge in [-0.05, 0) is 30.7 Å². The van der Waals surface area contributed by atoms with Gasteiger partial charge in [-0.2, -0.15) is 0 Å². The predicted octanol–water partition coefficient (Wildman–Crippen LogP) is 4.47. The highest BCUT2D eigenvalue weighted by Crippen LogP contribution is 2.19. The highest BCUT2D eigenvalue weighted by molar-refractivity contribution is 6.30. The van der Waals surface area contributed by atoms with Crippen LogP contribution < -0.4 is 5.32 Å². The van der Waals surface area contributed by atoms with Gasteiger partial charge < -0.3 is 5.32 Å². The standard InChI is InChI=1S/C15H14ClF2N/c1-10(11-4-2-6-13(17)8-11)19-9-12-5-3-7-14(16)15(12)18/h2-8,10,19H,9H2,1H3/t10-/m0/s1. The van der Waals surface area contributed by atoms with Crippen LogP contribution in [0.25, 0.3) is 0 Å². The molecule has 0 radical (unpaired) electrons. The molecule has 4 heteroatoms. The van der Waals surface area contributed by atoms with Crippen molar-refractivity contribution in [3.63, 3.8) is 0 Å². The van der Waals surface area contributed by atoms with Gasteiger partial charge in [0, 0.05) is 18.2 Å². The van der Waals surface area contributed by atoms with Crippen molar-refractivity contribution >= 4 is 11.6 Å². The zero-order valence-corrected chi connectivity index (χ0v) is 11.2. The van der Waals surface area contributed by atoms with Crippen molar-refractivity contribution in [2.24, 2.45) is 0 Å². The normalized spacial score (nSPS) is 12.4. The predicted molar refractivity (Wildman–Crippen MR) is 73.1 cm³/mol. The lowest BCUT2D eigenvalue weighted by Gasteiger charge is -2.15. The maximum Gasteiger partial charge on any atom is 0.146 e. The van der Waals surface area contributed by atoms with E-state index in [4.69, 9.17) is 11.6 Å². The molecule has 0 aliphatic rings. The van der Waals surface area contributed by atoms with E-state index in [0.29, 0.717) is 12.1 Å². The van der Waals surface area contributed by atoms with Gasteiger partial charge in [-0.25, -0.2) is 8.78 Å². The van der Waals surface area contributed by atoms with Gasteiger partial charge in [0.2, 0.25) is 0 Å². The maximum absolute atomic E-state index is 13.7. The van der Waals surface area contributed by atoms with Crippen LogP contribution in [0.1, 0.15) is 24.1 Å². The van der Waals surface area contributed by atoms with Crippen LogP contribution in [0, 0.1) is 11.6 Å². The van der Waals surface area contributed by atoms with Gasteiger partial charge in [0.05, 0.1) is 5.02 Å². The Morgan fingerprint density at radius 2 is 1.89 bits per heavy atom. The summed E-state index contributed by atoms with van der Waals surface area (Å²) in [4.78, 5) is 0. The van der Waals surface area contributed by atoms with E-state index in [1.54, 1.807) is 18.2 Å². The SMILES string of the molecule is C[C@H](NCc1cccc(Cl)c1F)c1cccc(F)c1. The molecule has 0 unspecified atom stereocenters. The molecule has 100 valence electrons. The molecule has 0 aliphatic heterocycles. The van der Waals surface area contributed by atoms with E-state index < -0.39 is 5.82 Å². The summed E-state index contributed by atoms with van der Waals surface area (Å²) < 4.78 is 26.8. The molecular formula is C15H14ClF2N. The third kappa shape index (κ3) is 3.52. The molecule has 0 aromatic heterocycles. The minimum absolute atomic E-state index is 0.0749. The van der Waals surface area contributed by atoms with Crippen LogP contribution in [0.5, 0.6) is 0 Å². The number of hydrogen-bond acceptors (Lipinski definition) is 1. The second-order valence-electron chi connectivity index (χ2n) is 4.37. The average Bonchev–Trinajstić information content (AvgIpc) is 2.40. The Labute approximate surface area is 116 Å². The van der Waals surface area contributed by atoms with E-state index in [1.807, 2.05) is 13.0 Å². The number of nitrogens with one attached hydrogen (secondary N) is 1. The minimum atomic E-state index is -0.414. The molecule has 19 heavy (non-hydrogen) atoms.